The van der Waals surface area contributed by atoms with E-state index in [0.717, 1.165) is 5.75 Å². The van der Waals surface area contributed by atoms with E-state index in [2.05, 4.69) is 10.2 Å². The number of ketones is 1. The molecule has 0 N–H and O–H groups in total. The van der Waals surface area contributed by atoms with Crippen LogP contribution in [0, 0.1) is 6.92 Å². The Balaban J connectivity index is 1.80. The molecule has 20 heavy (non-hydrogen) atoms. The summed E-state index contributed by atoms with van der Waals surface area (Å²) in [5.74, 6) is 1.99. The molecule has 0 fully saturated rings. The third-order valence-electron chi connectivity index (χ3n) is 2.51. The third kappa shape index (κ3) is 4.70. The van der Waals surface area contributed by atoms with Crippen LogP contribution in [0.25, 0.3) is 0 Å². The van der Waals surface area contributed by atoms with Gasteiger partial charge in [-0.15, -0.1) is 10.2 Å². The number of carbonyl (C=O) groups excluding carboxylic acids is 1. The van der Waals surface area contributed by atoms with Gasteiger partial charge in [-0.05, 0) is 26.0 Å². The van der Waals surface area contributed by atoms with Crippen LogP contribution in [0.4, 0.5) is 0 Å². The van der Waals surface area contributed by atoms with Crippen molar-refractivity contribution in [3.63, 3.8) is 0 Å². The minimum atomic E-state index is 0.153. The Bertz CT molecular complexity index is 566. The normalized spacial score (nSPS) is 10.5. The SMILES string of the molecule is CC(=O)CCSc1nnc(COc2ccc(C)cc2)o1. The van der Waals surface area contributed by atoms with Crippen molar-refractivity contribution in [2.24, 2.45) is 0 Å². The first-order valence-electron chi connectivity index (χ1n) is 6.27. The molecule has 0 saturated carbocycles. The number of nitrogens with zero attached hydrogens (tertiary/aromatic N) is 2. The van der Waals surface area contributed by atoms with E-state index in [1.165, 1.54) is 17.3 Å². The molecule has 0 aliphatic carbocycles. The number of ether oxygens (including phenoxy) is 1. The van der Waals surface area contributed by atoms with Crippen LogP contribution in [0.3, 0.4) is 0 Å². The third-order valence-corrected chi connectivity index (χ3v) is 3.33. The molecule has 2 rings (SSSR count). The fraction of sp³-hybridized carbons (Fsp3) is 0.357. The standard InChI is InChI=1S/C14H16N2O3S/c1-10-3-5-12(6-4-10)18-9-13-15-16-14(19-13)20-8-7-11(2)17/h3-6H,7-9H2,1-2H3. The average Bonchev–Trinajstić information content (AvgIpc) is 2.86. The lowest BCUT2D eigenvalue weighted by Gasteiger charge is -2.02. The predicted octanol–water partition coefficient (Wildman–Crippen LogP) is 3.03. The van der Waals surface area contributed by atoms with Gasteiger partial charge in [0.1, 0.15) is 11.5 Å². The quantitative estimate of drug-likeness (QED) is 0.731. The Kier molecular flexibility index (Phi) is 5.17. The number of benzene rings is 1. The Hall–Kier alpha value is -1.82. The van der Waals surface area contributed by atoms with E-state index in [1.54, 1.807) is 6.92 Å². The van der Waals surface area contributed by atoms with Crippen LogP contribution in [0.1, 0.15) is 24.8 Å². The van der Waals surface area contributed by atoms with Crippen molar-refractivity contribution in [3.8, 4) is 5.75 Å². The van der Waals surface area contributed by atoms with Crippen molar-refractivity contribution in [1.29, 1.82) is 0 Å². The predicted molar refractivity (Wildman–Crippen MR) is 75.8 cm³/mol. The molecular formula is C14H16N2O3S. The zero-order valence-electron chi connectivity index (χ0n) is 11.5. The molecule has 1 aromatic carbocycles. The Morgan fingerprint density at radius 3 is 2.75 bits per heavy atom. The van der Waals surface area contributed by atoms with E-state index in [4.69, 9.17) is 9.15 Å². The van der Waals surface area contributed by atoms with Crippen molar-refractivity contribution in [2.45, 2.75) is 32.1 Å². The highest BCUT2D eigenvalue weighted by molar-refractivity contribution is 7.99. The highest BCUT2D eigenvalue weighted by Gasteiger charge is 2.07. The molecular weight excluding hydrogens is 276 g/mol. The molecule has 0 aliphatic heterocycles. The topological polar surface area (TPSA) is 65.2 Å². The summed E-state index contributed by atoms with van der Waals surface area (Å²) in [5, 5.41) is 8.26. The number of aromatic nitrogens is 2. The van der Waals surface area contributed by atoms with Gasteiger partial charge in [0.2, 0.25) is 0 Å². The molecule has 106 valence electrons. The molecule has 0 aliphatic rings. The van der Waals surface area contributed by atoms with Crippen LogP contribution in [-0.4, -0.2) is 21.7 Å². The lowest BCUT2D eigenvalue weighted by molar-refractivity contribution is -0.116. The maximum Gasteiger partial charge on any atom is 0.276 e. The summed E-state index contributed by atoms with van der Waals surface area (Å²) in [6, 6.07) is 7.75. The molecule has 0 atom stereocenters. The smallest absolute Gasteiger partial charge is 0.276 e. The summed E-state index contributed by atoms with van der Waals surface area (Å²) < 4.78 is 11.0. The molecule has 5 nitrogen and oxygen atoms in total. The monoisotopic (exact) mass is 292 g/mol. The zero-order chi connectivity index (χ0) is 14.4. The van der Waals surface area contributed by atoms with Crippen molar-refractivity contribution in [3.05, 3.63) is 35.7 Å². The second-order valence-corrected chi connectivity index (χ2v) is 5.41. The van der Waals surface area contributed by atoms with Gasteiger partial charge in [-0.25, -0.2) is 0 Å². The molecule has 1 aromatic heterocycles. The van der Waals surface area contributed by atoms with E-state index in [1.807, 2.05) is 31.2 Å². The second kappa shape index (κ2) is 7.09. The van der Waals surface area contributed by atoms with E-state index in [0.29, 0.717) is 23.3 Å². The summed E-state index contributed by atoms with van der Waals surface area (Å²) in [4.78, 5) is 10.8. The molecule has 0 amide bonds. The van der Waals surface area contributed by atoms with E-state index in [9.17, 15) is 4.79 Å². The lowest BCUT2D eigenvalue weighted by Crippen LogP contribution is -1.95. The van der Waals surface area contributed by atoms with Gasteiger partial charge >= 0.3 is 0 Å². The van der Waals surface area contributed by atoms with Gasteiger partial charge in [0.15, 0.2) is 6.61 Å². The number of hydrogen-bond acceptors (Lipinski definition) is 6. The Labute approximate surface area is 121 Å². The number of Topliss-reactive ketones (excluding diaryl/α,β-unsaturated/α-hetero) is 1. The fourth-order valence-electron chi connectivity index (χ4n) is 1.42. The summed E-state index contributed by atoms with van der Waals surface area (Å²) in [6.07, 6.45) is 0.502. The number of aryl methyl sites for hydroxylation is 1. The highest BCUT2D eigenvalue weighted by atomic mass is 32.2. The number of hydrogen-bond donors (Lipinski definition) is 0. The first kappa shape index (κ1) is 14.6. The van der Waals surface area contributed by atoms with Crippen molar-refractivity contribution < 1.29 is 13.9 Å². The van der Waals surface area contributed by atoms with Gasteiger partial charge in [-0.1, -0.05) is 29.5 Å². The molecule has 0 unspecified atom stereocenters. The van der Waals surface area contributed by atoms with Crippen molar-refractivity contribution in [2.75, 3.05) is 5.75 Å². The summed E-state index contributed by atoms with van der Waals surface area (Å²) in [5.41, 5.74) is 1.18. The zero-order valence-corrected chi connectivity index (χ0v) is 12.3. The van der Waals surface area contributed by atoms with Gasteiger partial charge in [0.05, 0.1) is 0 Å². The maximum absolute atomic E-state index is 10.8. The van der Waals surface area contributed by atoms with Gasteiger partial charge in [-0.2, -0.15) is 0 Å². The van der Waals surface area contributed by atoms with E-state index in [-0.39, 0.29) is 12.4 Å². The van der Waals surface area contributed by atoms with Crippen LogP contribution >= 0.6 is 11.8 Å². The van der Waals surface area contributed by atoms with Crippen molar-refractivity contribution in [1.82, 2.24) is 10.2 Å². The Morgan fingerprint density at radius 1 is 1.30 bits per heavy atom. The molecule has 6 heteroatoms. The minimum absolute atomic E-state index is 0.153. The summed E-state index contributed by atoms with van der Waals surface area (Å²) >= 11 is 1.38. The number of thioether (sulfide) groups is 1. The fourth-order valence-corrected chi connectivity index (χ4v) is 2.23. The molecule has 0 spiro atoms. The second-order valence-electron chi connectivity index (χ2n) is 4.36. The summed E-state index contributed by atoms with van der Waals surface area (Å²) in [6.45, 7) is 3.82. The van der Waals surface area contributed by atoms with Gasteiger partial charge in [-0.3, -0.25) is 4.79 Å². The van der Waals surface area contributed by atoms with Crippen LogP contribution in [0.2, 0.25) is 0 Å². The molecule has 0 radical (unpaired) electrons. The molecule has 0 bridgehead atoms. The minimum Gasteiger partial charge on any atom is -0.484 e. The van der Waals surface area contributed by atoms with Gasteiger partial charge in [0.25, 0.3) is 11.1 Å². The number of rotatable bonds is 7. The molecule has 1 heterocycles. The van der Waals surface area contributed by atoms with Gasteiger partial charge in [0, 0.05) is 12.2 Å². The van der Waals surface area contributed by atoms with Gasteiger partial charge < -0.3 is 9.15 Å². The summed E-state index contributed by atoms with van der Waals surface area (Å²) in [7, 11) is 0. The first-order valence-corrected chi connectivity index (χ1v) is 7.26. The number of carbonyl (C=O) groups is 1. The van der Waals surface area contributed by atoms with Crippen LogP contribution < -0.4 is 4.74 Å². The molecule has 0 saturated heterocycles. The average molecular weight is 292 g/mol. The molecule has 2 aromatic rings. The first-order chi connectivity index (χ1) is 9.63. The van der Waals surface area contributed by atoms with Crippen molar-refractivity contribution >= 4 is 17.5 Å². The largest absolute Gasteiger partial charge is 0.484 e. The van der Waals surface area contributed by atoms with Crippen LogP contribution in [-0.2, 0) is 11.4 Å². The van der Waals surface area contributed by atoms with Crippen LogP contribution in [0.5, 0.6) is 5.75 Å². The van der Waals surface area contributed by atoms with E-state index >= 15 is 0 Å². The van der Waals surface area contributed by atoms with E-state index < -0.39 is 0 Å². The Morgan fingerprint density at radius 2 is 2.05 bits per heavy atom. The van der Waals surface area contributed by atoms with Crippen LogP contribution in [0.15, 0.2) is 33.9 Å². The highest BCUT2D eigenvalue weighted by Crippen LogP contribution is 2.18. The lowest BCUT2D eigenvalue weighted by atomic mass is 10.2. The maximum atomic E-state index is 10.8.